The summed E-state index contributed by atoms with van der Waals surface area (Å²) < 4.78 is 16.1. The standard InChI is InChI=1S/C19H17FN2O3S/c1-9-16(15-4-10(6-21)8-26-15)14(20)7-22-17(9)12(11-2-3-11)5-13(18(22)23)19(24)25/h4-5,7-8,11H,2-3,6,21H2,1H3,(H,24,25). The second kappa shape index (κ2) is 6.03. The lowest BCUT2D eigenvalue weighted by atomic mass is 9.99. The predicted octanol–water partition coefficient (Wildman–Crippen LogP) is 3.51. The highest BCUT2D eigenvalue weighted by Gasteiger charge is 2.30. The highest BCUT2D eigenvalue weighted by atomic mass is 32.1. The summed E-state index contributed by atoms with van der Waals surface area (Å²) in [5.74, 6) is -1.63. The molecule has 1 aliphatic carbocycles. The molecule has 5 nitrogen and oxygen atoms in total. The molecule has 1 fully saturated rings. The summed E-state index contributed by atoms with van der Waals surface area (Å²) in [5, 5.41) is 11.2. The van der Waals surface area contributed by atoms with Gasteiger partial charge in [-0.3, -0.25) is 9.20 Å². The SMILES string of the molecule is Cc1c(-c2cc(CN)cs2)c(F)cn2c(=O)c(C(=O)O)cc(C3CC3)c12. The first kappa shape index (κ1) is 16.9. The van der Waals surface area contributed by atoms with Gasteiger partial charge in [0.25, 0.3) is 5.56 Å². The minimum Gasteiger partial charge on any atom is -0.477 e. The van der Waals surface area contributed by atoms with Crippen LogP contribution >= 0.6 is 11.3 Å². The number of thiophene rings is 1. The molecule has 1 aliphatic rings. The largest absolute Gasteiger partial charge is 0.477 e. The lowest BCUT2D eigenvalue weighted by molar-refractivity contribution is 0.0694. The monoisotopic (exact) mass is 372 g/mol. The van der Waals surface area contributed by atoms with Gasteiger partial charge in [0, 0.05) is 23.2 Å². The maximum atomic E-state index is 14.9. The third-order valence-corrected chi connectivity index (χ3v) is 5.85. The van der Waals surface area contributed by atoms with Crippen molar-refractivity contribution in [3.8, 4) is 10.4 Å². The molecular weight excluding hydrogens is 355 g/mol. The van der Waals surface area contributed by atoms with Gasteiger partial charge in [-0.05, 0) is 59.9 Å². The second-order valence-corrected chi connectivity index (χ2v) is 7.53. The maximum Gasteiger partial charge on any atom is 0.341 e. The van der Waals surface area contributed by atoms with Crippen LogP contribution in [0.3, 0.4) is 0 Å². The van der Waals surface area contributed by atoms with Gasteiger partial charge in [0.1, 0.15) is 11.4 Å². The molecule has 3 aromatic heterocycles. The van der Waals surface area contributed by atoms with Gasteiger partial charge in [-0.1, -0.05) is 0 Å². The minimum atomic E-state index is -1.29. The molecule has 0 saturated heterocycles. The van der Waals surface area contributed by atoms with E-state index in [0.717, 1.165) is 39.4 Å². The number of carbonyl (C=O) groups is 1. The van der Waals surface area contributed by atoms with E-state index in [9.17, 15) is 19.1 Å². The van der Waals surface area contributed by atoms with Crippen LogP contribution in [0.25, 0.3) is 16.0 Å². The number of rotatable bonds is 4. The molecule has 0 unspecified atom stereocenters. The molecule has 0 spiro atoms. The van der Waals surface area contributed by atoms with E-state index in [4.69, 9.17) is 5.73 Å². The highest BCUT2D eigenvalue weighted by molar-refractivity contribution is 7.13. The first-order valence-electron chi connectivity index (χ1n) is 8.32. The lowest BCUT2D eigenvalue weighted by Gasteiger charge is -2.15. The van der Waals surface area contributed by atoms with Crippen molar-refractivity contribution in [2.75, 3.05) is 0 Å². The number of fused-ring (bicyclic) bond motifs is 1. The van der Waals surface area contributed by atoms with Crippen LogP contribution in [0, 0.1) is 12.7 Å². The molecule has 4 rings (SSSR count). The van der Waals surface area contributed by atoms with Crippen molar-refractivity contribution < 1.29 is 14.3 Å². The first-order valence-corrected chi connectivity index (χ1v) is 9.19. The number of nitrogens with two attached hydrogens (primary N) is 1. The molecule has 0 amide bonds. The molecule has 0 aliphatic heterocycles. The summed E-state index contributed by atoms with van der Waals surface area (Å²) in [4.78, 5) is 24.8. The normalized spacial score (nSPS) is 14.1. The van der Waals surface area contributed by atoms with E-state index in [0.29, 0.717) is 23.2 Å². The summed E-state index contributed by atoms with van der Waals surface area (Å²) in [6, 6.07) is 3.32. The molecule has 1 saturated carbocycles. The van der Waals surface area contributed by atoms with Gasteiger partial charge in [0.2, 0.25) is 0 Å². The molecule has 0 atom stereocenters. The van der Waals surface area contributed by atoms with Gasteiger partial charge < -0.3 is 10.8 Å². The van der Waals surface area contributed by atoms with Crippen LogP contribution in [-0.2, 0) is 6.54 Å². The summed E-state index contributed by atoms with van der Waals surface area (Å²) in [7, 11) is 0. The number of nitrogens with zero attached hydrogens (tertiary/aromatic N) is 1. The van der Waals surface area contributed by atoms with E-state index in [-0.39, 0.29) is 11.5 Å². The topological polar surface area (TPSA) is 84.8 Å². The Morgan fingerprint density at radius 3 is 2.73 bits per heavy atom. The quantitative estimate of drug-likeness (QED) is 0.734. The van der Waals surface area contributed by atoms with Crippen molar-refractivity contribution in [2.24, 2.45) is 5.73 Å². The van der Waals surface area contributed by atoms with Gasteiger partial charge >= 0.3 is 5.97 Å². The number of aryl methyl sites for hydroxylation is 1. The Morgan fingerprint density at radius 1 is 1.42 bits per heavy atom. The van der Waals surface area contributed by atoms with E-state index in [1.165, 1.54) is 17.4 Å². The zero-order chi connectivity index (χ0) is 18.6. The summed E-state index contributed by atoms with van der Waals surface area (Å²) in [6.45, 7) is 2.15. The van der Waals surface area contributed by atoms with E-state index >= 15 is 0 Å². The third kappa shape index (κ3) is 2.55. The second-order valence-electron chi connectivity index (χ2n) is 6.62. The molecule has 3 N–H and O–H groups in total. The molecule has 0 bridgehead atoms. The van der Waals surface area contributed by atoms with Gasteiger partial charge in [0.05, 0.1) is 5.52 Å². The highest BCUT2D eigenvalue weighted by Crippen LogP contribution is 2.44. The average Bonchev–Trinajstić information content (AvgIpc) is 3.33. The van der Waals surface area contributed by atoms with Crippen LogP contribution in [0.2, 0.25) is 0 Å². The summed E-state index contributed by atoms with van der Waals surface area (Å²) in [6.07, 6.45) is 2.99. The zero-order valence-corrected chi connectivity index (χ0v) is 14.9. The number of halogens is 1. The third-order valence-electron chi connectivity index (χ3n) is 4.86. The van der Waals surface area contributed by atoms with Crippen LogP contribution in [0.15, 0.2) is 28.5 Å². The van der Waals surface area contributed by atoms with Gasteiger partial charge in [0.15, 0.2) is 0 Å². The molecule has 134 valence electrons. The zero-order valence-electron chi connectivity index (χ0n) is 14.1. The van der Waals surface area contributed by atoms with Gasteiger partial charge in [-0.2, -0.15) is 0 Å². The average molecular weight is 372 g/mol. The number of carboxylic acid groups (broad SMARTS) is 1. The van der Waals surface area contributed by atoms with Crippen molar-refractivity contribution in [2.45, 2.75) is 32.2 Å². The Balaban J connectivity index is 2.09. The minimum absolute atomic E-state index is 0.212. The Kier molecular flexibility index (Phi) is 3.93. The van der Waals surface area contributed by atoms with Crippen molar-refractivity contribution in [3.05, 3.63) is 62.1 Å². The Morgan fingerprint density at radius 2 is 2.15 bits per heavy atom. The number of aromatic nitrogens is 1. The summed E-state index contributed by atoms with van der Waals surface area (Å²) >= 11 is 1.40. The van der Waals surface area contributed by atoms with Crippen LogP contribution in [-0.4, -0.2) is 15.5 Å². The van der Waals surface area contributed by atoms with Crippen molar-refractivity contribution in [1.29, 1.82) is 0 Å². The molecular formula is C19H17FN2O3S. The molecule has 7 heteroatoms. The molecule has 0 aromatic carbocycles. The fourth-order valence-electron chi connectivity index (χ4n) is 3.43. The Hall–Kier alpha value is -2.51. The van der Waals surface area contributed by atoms with Crippen LogP contribution in [0.5, 0.6) is 0 Å². The fourth-order valence-corrected chi connectivity index (χ4v) is 4.46. The first-order chi connectivity index (χ1) is 12.4. The number of aromatic carboxylic acids is 1. The molecule has 0 radical (unpaired) electrons. The van der Waals surface area contributed by atoms with Crippen molar-refractivity contribution in [3.63, 3.8) is 0 Å². The van der Waals surface area contributed by atoms with Gasteiger partial charge in [-0.25, -0.2) is 9.18 Å². The van der Waals surface area contributed by atoms with E-state index < -0.39 is 17.3 Å². The van der Waals surface area contributed by atoms with E-state index in [1.54, 1.807) is 6.92 Å². The van der Waals surface area contributed by atoms with E-state index in [2.05, 4.69) is 0 Å². The number of pyridine rings is 2. The Bertz CT molecular complexity index is 1110. The number of carboxylic acids is 1. The van der Waals surface area contributed by atoms with Crippen molar-refractivity contribution in [1.82, 2.24) is 4.40 Å². The number of hydrogen-bond donors (Lipinski definition) is 2. The van der Waals surface area contributed by atoms with Crippen LogP contribution in [0.1, 0.15) is 45.8 Å². The Labute approximate surface area is 152 Å². The smallest absolute Gasteiger partial charge is 0.341 e. The number of hydrogen-bond acceptors (Lipinski definition) is 4. The predicted molar refractivity (Wildman–Crippen MR) is 98.5 cm³/mol. The lowest BCUT2D eigenvalue weighted by Crippen LogP contribution is -2.24. The van der Waals surface area contributed by atoms with E-state index in [1.807, 2.05) is 11.4 Å². The molecule has 3 aromatic rings. The summed E-state index contributed by atoms with van der Waals surface area (Å²) in [5.41, 5.74) is 8.05. The van der Waals surface area contributed by atoms with Gasteiger partial charge in [-0.15, -0.1) is 11.3 Å². The fraction of sp³-hybridized carbons (Fsp3) is 0.263. The molecule has 26 heavy (non-hydrogen) atoms. The van der Waals surface area contributed by atoms with Crippen molar-refractivity contribution >= 4 is 22.8 Å². The molecule has 3 heterocycles. The van der Waals surface area contributed by atoms with Crippen LogP contribution < -0.4 is 11.3 Å². The maximum absolute atomic E-state index is 14.9. The van der Waals surface area contributed by atoms with Crippen LogP contribution in [0.4, 0.5) is 4.39 Å².